The van der Waals surface area contributed by atoms with Crippen LogP contribution >= 0.6 is 0 Å². The van der Waals surface area contributed by atoms with E-state index >= 15 is 0 Å². The Bertz CT molecular complexity index is 527. The van der Waals surface area contributed by atoms with Crippen molar-refractivity contribution in [2.24, 2.45) is 5.84 Å². The molecule has 0 spiro atoms. The van der Waals surface area contributed by atoms with E-state index in [1.165, 1.54) is 12.3 Å². The third-order valence-corrected chi connectivity index (χ3v) is 2.02. The van der Waals surface area contributed by atoms with Crippen LogP contribution in [0.1, 0.15) is 0 Å². The molecule has 2 aromatic rings. The van der Waals surface area contributed by atoms with Crippen LogP contribution in [0.15, 0.2) is 18.3 Å². The third kappa shape index (κ3) is 1.39. The summed E-state index contributed by atoms with van der Waals surface area (Å²) in [4.78, 5) is 3.56. The second-order valence-corrected chi connectivity index (χ2v) is 2.88. The van der Waals surface area contributed by atoms with Crippen molar-refractivity contribution in [3.8, 4) is 0 Å². The number of pyridine rings is 1. The Morgan fingerprint density at radius 3 is 2.60 bits per heavy atom. The van der Waals surface area contributed by atoms with Crippen LogP contribution in [0.3, 0.4) is 0 Å². The van der Waals surface area contributed by atoms with Crippen molar-refractivity contribution in [2.45, 2.75) is 0 Å². The number of benzene rings is 1. The molecule has 6 heteroatoms. The molecule has 3 N–H and O–H groups in total. The fraction of sp³-hybridized carbons (Fsp3) is 0. The quantitative estimate of drug-likeness (QED) is 0.432. The average molecular weight is 213 g/mol. The minimum Gasteiger partial charge on any atom is -0.323 e. The normalized spacial score (nSPS) is 10.7. The van der Waals surface area contributed by atoms with Crippen LogP contribution in [-0.4, -0.2) is 4.98 Å². The Kier molecular flexibility index (Phi) is 2.20. The number of hydrogen-bond acceptors (Lipinski definition) is 3. The number of halogens is 3. The zero-order chi connectivity index (χ0) is 11.0. The fourth-order valence-electron chi connectivity index (χ4n) is 1.35. The molecule has 2 rings (SSSR count). The smallest absolute Gasteiger partial charge is 0.185 e. The molecule has 0 fully saturated rings. The van der Waals surface area contributed by atoms with Crippen molar-refractivity contribution >= 4 is 16.6 Å². The van der Waals surface area contributed by atoms with Gasteiger partial charge in [-0.3, -0.25) is 10.8 Å². The van der Waals surface area contributed by atoms with Crippen LogP contribution in [0.25, 0.3) is 10.9 Å². The highest BCUT2D eigenvalue weighted by atomic mass is 19.2. The third-order valence-electron chi connectivity index (χ3n) is 2.02. The van der Waals surface area contributed by atoms with Gasteiger partial charge in [0.25, 0.3) is 0 Å². The summed E-state index contributed by atoms with van der Waals surface area (Å²) in [7, 11) is 0. The van der Waals surface area contributed by atoms with Crippen molar-refractivity contribution < 1.29 is 13.2 Å². The number of nitrogens with one attached hydrogen (secondary N) is 1. The molecule has 0 bridgehead atoms. The molecule has 78 valence electrons. The van der Waals surface area contributed by atoms with Crippen molar-refractivity contribution in [3.05, 3.63) is 35.8 Å². The highest BCUT2D eigenvalue weighted by Crippen LogP contribution is 2.27. The molecule has 1 heterocycles. The summed E-state index contributed by atoms with van der Waals surface area (Å²) in [6.07, 6.45) is 1.21. The van der Waals surface area contributed by atoms with Gasteiger partial charge in [-0.2, -0.15) is 0 Å². The van der Waals surface area contributed by atoms with E-state index < -0.39 is 17.5 Å². The number of nitrogens with zero attached hydrogens (tertiary/aromatic N) is 1. The van der Waals surface area contributed by atoms with Crippen molar-refractivity contribution in [1.82, 2.24) is 4.98 Å². The van der Waals surface area contributed by atoms with E-state index in [-0.39, 0.29) is 16.6 Å². The van der Waals surface area contributed by atoms with Crippen molar-refractivity contribution in [3.63, 3.8) is 0 Å². The fourth-order valence-corrected chi connectivity index (χ4v) is 1.35. The number of hydrogen-bond donors (Lipinski definition) is 2. The van der Waals surface area contributed by atoms with Gasteiger partial charge in [0.15, 0.2) is 11.6 Å². The van der Waals surface area contributed by atoms with Crippen LogP contribution < -0.4 is 11.3 Å². The predicted octanol–water partition coefficient (Wildman–Crippen LogP) is 1.94. The summed E-state index contributed by atoms with van der Waals surface area (Å²) in [6.45, 7) is 0. The monoisotopic (exact) mass is 213 g/mol. The molecule has 3 nitrogen and oxygen atoms in total. The molecule has 0 saturated carbocycles. The summed E-state index contributed by atoms with van der Waals surface area (Å²) in [5, 5.41) is -0.168. The number of rotatable bonds is 1. The maximum Gasteiger partial charge on any atom is 0.185 e. The van der Waals surface area contributed by atoms with Crippen LogP contribution in [0.5, 0.6) is 0 Å². The first-order valence-corrected chi connectivity index (χ1v) is 4.04. The second-order valence-electron chi connectivity index (χ2n) is 2.88. The number of nitrogens with two attached hydrogens (primary N) is 1. The Labute approximate surface area is 82.7 Å². The molecule has 0 atom stereocenters. The van der Waals surface area contributed by atoms with Crippen LogP contribution in [0, 0.1) is 17.5 Å². The number of hydrazine groups is 1. The Balaban J connectivity index is 2.95. The maximum absolute atomic E-state index is 13.3. The van der Waals surface area contributed by atoms with Crippen molar-refractivity contribution in [1.29, 1.82) is 0 Å². The maximum atomic E-state index is 13.3. The van der Waals surface area contributed by atoms with Gasteiger partial charge in [0.2, 0.25) is 0 Å². The zero-order valence-corrected chi connectivity index (χ0v) is 7.39. The van der Waals surface area contributed by atoms with Crippen LogP contribution in [-0.2, 0) is 0 Å². The molecule has 0 radical (unpaired) electrons. The SMILES string of the molecule is NNc1ccnc2c(F)c(F)cc(F)c12. The lowest BCUT2D eigenvalue weighted by molar-refractivity contribution is 0.504. The largest absolute Gasteiger partial charge is 0.323 e. The highest BCUT2D eigenvalue weighted by molar-refractivity contribution is 5.91. The van der Waals surface area contributed by atoms with E-state index in [0.717, 1.165) is 0 Å². The first-order chi connectivity index (χ1) is 7.15. The second kappa shape index (κ2) is 3.39. The highest BCUT2D eigenvalue weighted by Gasteiger charge is 2.15. The molecule has 1 aromatic heterocycles. The zero-order valence-electron chi connectivity index (χ0n) is 7.39. The minimum atomic E-state index is -1.28. The van der Waals surface area contributed by atoms with E-state index in [1.54, 1.807) is 0 Å². The van der Waals surface area contributed by atoms with Gasteiger partial charge < -0.3 is 5.43 Å². The minimum absolute atomic E-state index is 0.149. The van der Waals surface area contributed by atoms with Crippen LogP contribution in [0.2, 0.25) is 0 Å². The average Bonchev–Trinajstić information content (AvgIpc) is 2.25. The first kappa shape index (κ1) is 9.72. The molecule has 0 saturated heterocycles. The van der Waals surface area contributed by atoms with E-state index in [2.05, 4.69) is 10.4 Å². The lowest BCUT2D eigenvalue weighted by Gasteiger charge is -2.06. The molecule has 1 aromatic carbocycles. The Morgan fingerprint density at radius 1 is 1.20 bits per heavy atom. The molecule has 0 aliphatic rings. The number of nitrogen functional groups attached to an aromatic ring is 1. The summed E-state index contributed by atoms with van der Waals surface area (Å²) >= 11 is 0. The van der Waals surface area contributed by atoms with E-state index in [4.69, 9.17) is 5.84 Å². The number of anilines is 1. The lowest BCUT2D eigenvalue weighted by Crippen LogP contribution is -2.08. The summed E-state index contributed by atoms with van der Waals surface area (Å²) in [6, 6.07) is 1.82. The van der Waals surface area contributed by atoms with E-state index in [1.807, 2.05) is 0 Å². The van der Waals surface area contributed by atoms with E-state index in [0.29, 0.717) is 6.07 Å². The lowest BCUT2D eigenvalue weighted by atomic mass is 10.1. The van der Waals surface area contributed by atoms with E-state index in [9.17, 15) is 13.2 Å². The molecule has 0 unspecified atom stereocenters. The Hall–Kier alpha value is -1.82. The van der Waals surface area contributed by atoms with Gasteiger partial charge in [-0.25, -0.2) is 13.2 Å². The summed E-state index contributed by atoms with van der Waals surface area (Å²) in [5.74, 6) is 1.73. The van der Waals surface area contributed by atoms with Gasteiger partial charge in [-0.1, -0.05) is 0 Å². The molecular weight excluding hydrogens is 207 g/mol. The van der Waals surface area contributed by atoms with Gasteiger partial charge >= 0.3 is 0 Å². The molecule has 0 amide bonds. The van der Waals surface area contributed by atoms with Gasteiger partial charge in [0, 0.05) is 12.3 Å². The summed E-state index contributed by atoms with van der Waals surface area (Å²) < 4.78 is 39.4. The molecule has 0 aliphatic heterocycles. The standard InChI is InChI=1S/C9H6F3N3/c10-4-3-5(11)8(12)9-7(4)6(15-13)1-2-14-9/h1-3H,13H2,(H,14,15). The van der Waals surface area contributed by atoms with Gasteiger partial charge in [0.05, 0.1) is 11.1 Å². The van der Waals surface area contributed by atoms with Gasteiger partial charge in [0.1, 0.15) is 11.3 Å². The molecule has 15 heavy (non-hydrogen) atoms. The molecular formula is C9H6F3N3. The predicted molar refractivity (Wildman–Crippen MR) is 49.4 cm³/mol. The molecule has 0 aliphatic carbocycles. The van der Waals surface area contributed by atoms with Gasteiger partial charge in [-0.15, -0.1) is 0 Å². The number of fused-ring (bicyclic) bond motifs is 1. The number of aromatic nitrogens is 1. The van der Waals surface area contributed by atoms with Crippen LogP contribution in [0.4, 0.5) is 18.9 Å². The van der Waals surface area contributed by atoms with Crippen molar-refractivity contribution in [2.75, 3.05) is 5.43 Å². The Morgan fingerprint density at radius 2 is 1.93 bits per heavy atom. The van der Waals surface area contributed by atoms with Gasteiger partial charge in [-0.05, 0) is 6.07 Å². The topological polar surface area (TPSA) is 50.9 Å². The summed E-state index contributed by atoms with van der Waals surface area (Å²) in [5.41, 5.74) is 1.95. The first-order valence-electron chi connectivity index (χ1n) is 4.04.